The molecule has 2 atom stereocenters. The van der Waals surface area contributed by atoms with Gasteiger partial charge in [0.05, 0.1) is 39.8 Å². The summed E-state index contributed by atoms with van der Waals surface area (Å²) in [7, 11) is 0. The van der Waals surface area contributed by atoms with Crippen LogP contribution in [0.5, 0.6) is 0 Å². The third-order valence-electron chi connectivity index (χ3n) is 8.92. The van der Waals surface area contributed by atoms with E-state index in [1.54, 1.807) is 30.5 Å². The highest BCUT2D eigenvalue weighted by Crippen LogP contribution is 2.63. The van der Waals surface area contributed by atoms with E-state index < -0.39 is 34.0 Å². The minimum atomic E-state index is -1.18. The van der Waals surface area contributed by atoms with E-state index in [0.717, 1.165) is 27.2 Å². The van der Waals surface area contributed by atoms with Gasteiger partial charge in [-0.3, -0.25) is 24.5 Å². The summed E-state index contributed by atoms with van der Waals surface area (Å²) >= 11 is 0. The molecule has 4 aromatic rings. The highest BCUT2D eigenvalue weighted by molar-refractivity contribution is 6.25. The average Bonchev–Trinajstić information content (AvgIpc) is 3.31. The second kappa shape index (κ2) is 10.1. The number of anilines is 1. The first-order chi connectivity index (χ1) is 21.4. The Morgan fingerprint density at radius 1 is 0.932 bits per heavy atom. The first kappa shape index (κ1) is 26.9. The van der Waals surface area contributed by atoms with Crippen molar-refractivity contribution in [1.29, 1.82) is 5.26 Å². The maximum absolute atomic E-state index is 14.4. The molecule has 3 aliphatic carbocycles. The Bertz CT molecular complexity index is 1910. The first-order valence-electron chi connectivity index (χ1n) is 14.0. The van der Waals surface area contributed by atoms with Gasteiger partial charge < -0.3 is 0 Å². The number of nitro groups is 1. The SMILES string of the molecule is N#Cc1ccccc1N1C(=O)[C@@H]2[C@@H](C1=O)C1c3ccccc3C2(/C=N\NC(=O)Cc2ccc([N+](=O)[O-])cc2)c2ccccc21. The number of non-ortho nitro benzene ring substituents is 1. The fourth-order valence-corrected chi connectivity index (χ4v) is 7.22. The smallest absolute Gasteiger partial charge is 0.269 e. The largest absolute Gasteiger partial charge is 0.274 e. The lowest BCUT2D eigenvalue weighted by atomic mass is 9.47. The van der Waals surface area contributed by atoms with E-state index in [-0.39, 0.29) is 35.2 Å². The molecule has 1 heterocycles. The highest BCUT2D eigenvalue weighted by Gasteiger charge is 2.68. The second-order valence-electron chi connectivity index (χ2n) is 11.1. The van der Waals surface area contributed by atoms with Crippen molar-refractivity contribution in [2.75, 3.05) is 4.90 Å². The van der Waals surface area contributed by atoms with E-state index in [4.69, 9.17) is 0 Å². The molecule has 214 valence electrons. The molecular weight excluding hydrogens is 558 g/mol. The summed E-state index contributed by atoms with van der Waals surface area (Å²) in [4.78, 5) is 53.2. The average molecular weight is 582 g/mol. The van der Waals surface area contributed by atoms with Gasteiger partial charge in [-0.25, -0.2) is 10.3 Å². The fourth-order valence-electron chi connectivity index (χ4n) is 7.22. The van der Waals surface area contributed by atoms with Gasteiger partial charge in [0.15, 0.2) is 0 Å². The molecule has 2 bridgehead atoms. The molecule has 3 amide bonds. The van der Waals surface area contributed by atoms with Gasteiger partial charge >= 0.3 is 0 Å². The number of hydrogen-bond acceptors (Lipinski definition) is 7. The number of nitrogens with one attached hydrogen (secondary N) is 1. The van der Waals surface area contributed by atoms with Gasteiger partial charge in [-0.05, 0) is 39.9 Å². The van der Waals surface area contributed by atoms with Crippen LogP contribution >= 0.6 is 0 Å². The summed E-state index contributed by atoms with van der Waals surface area (Å²) in [6, 6.07) is 29.7. The Balaban J connectivity index is 1.32. The van der Waals surface area contributed by atoms with Gasteiger partial charge in [0.1, 0.15) is 6.07 Å². The Morgan fingerprint density at radius 2 is 1.55 bits per heavy atom. The van der Waals surface area contributed by atoms with Crippen molar-refractivity contribution in [2.24, 2.45) is 16.9 Å². The zero-order valence-corrected chi connectivity index (χ0v) is 23.1. The molecule has 1 fully saturated rings. The molecule has 0 saturated carbocycles. The summed E-state index contributed by atoms with van der Waals surface area (Å²) in [5.41, 5.74) is 5.81. The maximum atomic E-state index is 14.4. The molecule has 1 saturated heterocycles. The van der Waals surface area contributed by atoms with Crippen molar-refractivity contribution >= 4 is 35.3 Å². The summed E-state index contributed by atoms with van der Waals surface area (Å²) in [6.45, 7) is 0. The number of hydrogen-bond donors (Lipinski definition) is 1. The molecule has 0 unspecified atom stereocenters. The minimum Gasteiger partial charge on any atom is -0.274 e. The number of nitrogens with zero attached hydrogens (tertiary/aromatic N) is 4. The topological polar surface area (TPSA) is 146 Å². The van der Waals surface area contributed by atoms with Gasteiger partial charge in [-0.2, -0.15) is 10.4 Å². The number of carbonyl (C=O) groups is 3. The van der Waals surface area contributed by atoms with Gasteiger partial charge in [0.25, 0.3) is 5.69 Å². The van der Waals surface area contributed by atoms with E-state index in [0.29, 0.717) is 5.56 Å². The molecule has 4 aliphatic rings. The van der Waals surface area contributed by atoms with Crippen LogP contribution in [-0.2, 0) is 26.2 Å². The number of nitriles is 1. The van der Waals surface area contributed by atoms with Crippen molar-refractivity contribution < 1.29 is 19.3 Å². The Kier molecular flexibility index (Phi) is 6.18. The van der Waals surface area contributed by atoms with Crippen LogP contribution in [0, 0.1) is 33.3 Å². The monoisotopic (exact) mass is 581 g/mol. The molecule has 1 aliphatic heterocycles. The van der Waals surface area contributed by atoms with Crippen molar-refractivity contribution in [1.82, 2.24) is 5.43 Å². The molecule has 0 spiro atoms. The van der Waals surface area contributed by atoms with Crippen LogP contribution in [-0.4, -0.2) is 28.9 Å². The first-order valence-corrected chi connectivity index (χ1v) is 14.0. The molecular formula is C34H23N5O5. The predicted molar refractivity (Wildman–Crippen MR) is 160 cm³/mol. The van der Waals surface area contributed by atoms with Gasteiger partial charge in [0.2, 0.25) is 17.7 Å². The van der Waals surface area contributed by atoms with E-state index in [1.807, 2.05) is 48.5 Å². The lowest BCUT2D eigenvalue weighted by Crippen LogP contribution is -2.54. The predicted octanol–water partition coefficient (Wildman–Crippen LogP) is 4.36. The standard InChI is InChI=1S/C34H23N5O5/c35-18-21-7-1-6-12-27(21)38-32(41)30-29-23-8-2-4-10-25(23)34(31(30)33(38)42,26-11-5-3-9-24(26)29)19-36-37-28(40)17-20-13-15-22(16-14-20)39(43)44/h1-16,19,29-31H,17H2,(H,37,40)/b36-19-/t29?,30-,31-,34?/m0/s1. The van der Waals surface area contributed by atoms with Crippen LogP contribution in [0.1, 0.15) is 39.3 Å². The molecule has 0 aromatic heterocycles. The fraction of sp³-hybridized carbons (Fsp3) is 0.147. The highest BCUT2D eigenvalue weighted by atomic mass is 16.6. The number of nitro benzene ring substituents is 1. The number of para-hydroxylation sites is 1. The molecule has 4 aromatic carbocycles. The summed E-state index contributed by atoms with van der Waals surface area (Å²) in [5, 5.41) is 25.1. The third-order valence-corrected chi connectivity index (χ3v) is 8.92. The number of carbonyl (C=O) groups excluding carboxylic acids is 3. The summed E-state index contributed by atoms with van der Waals surface area (Å²) < 4.78 is 0. The Hall–Kier alpha value is -5.95. The maximum Gasteiger partial charge on any atom is 0.269 e. The molecule has 44 heavy (non-hydrogen) atoms. The Labute approximate surface area is 251 Å². The number of benzene rings is 4. The molecule has 0 radical (unpaired) electrons. The van der Waals surface area contributed by atoms with Crippen LogP contribution < -0.4 is 10.3 Å². The zero-order valence-electron chi connectivity index (χ0n) is 23.1. The van der Waals surface area contributed by atoms with Crippen LogP contribution in [0.25, 0.3) is 0 Å². The van der Waals surface area contributed by atoms with Crippen LogP contribution in [0.4, 0.5) is 11.4 Å². The minimum absolute atomic E-state index is 0.0697. The van der Waals surface area contributed by atoms with Crippen molar-refractivity contribution in [2.45, 2.75) is 17.8 Å². The van der Waals surface area contributed by atoms with Gasteiger partial charge in [0, 0.05) is 24.3 Å². The van der Waals surface area contributed by atoms with Crippen molar-refractivity contribution in [3.8, 4) is 6.07 Å². The normalized spacial score (nSPS) is 22.7. The molecule has 1 N–H and O–H groups in total. The van der Waals surface area contributed by atoms with E-state index in [1.165, 1.54) is 24.3 Å². The summed E-state index contributed by atoms with van der Waals surface area (Å²) in [5.74, 6) is -3.26. The lowest BCUT2D eigenvalue weighted by Gasteiger charge is -2.52. The molecule has 10 nitrogen and oxygen atoms in total. The number of rotatable bonds is 6. The molecule has 8 rings (SSSR count). The Morgan fingerprint density at radius 3 is 2.18 bits per heavy atom. The van der Waals surface area contributed by atoms with Crippen molar-refractivity contribution in [3.05, 3.63) is 141 Å². The lowest BCUT2D eigenvalue weighted by molar-refractivity contribution is -0.384. The zero-order chi connectivity index (χ0) is 30.6. The second-order valence-corrected chi connectivity index (χ2v) is 11.1. The molecule has 10 heteroatoms. The van der Waals surface area contributed by atoms with E-state index in [2.05, 4.69) is 16.6 Å². The van der Waals surface area contributed by atoms with Crippen LogP contribution in [0.2, 0.25) is 0 Å². The van der Waals surface area contributed by atoms with E-state index >= 15 is 0 Å². The van der Waals surface area contributed by atoms with Gasteiger partial charge in [-0.1, -0.05) is 72.8 Å². The van der Waals surface area contributed by atoms with Crippen LogP contribution in [0.3, 0.4) is 0 Å². The van der Waals surface area contributed by atoms with Crippen molar-refractivity contribution in [3.63, 3.8) is 0 Å². The quantitative estimate of drug-likeness (QED) is 0.155. The number of amides is 3. The van der Waals surface area contributed by atoms with E-state index in [9.17, 15) is 29.8 Å². The third kappa shape index (κ3) is 3.79. The summed E-state index contributed by atoms with van der Waals surface area (Å²) in [6.07, 6.45) is 1.50. The van der Waals surface area contributed by atoms with Crippen LogP contribution in [0.15, 0.2) is 102 Å². The van der Waals surface area contributed by atoms with Gasteiger partial charge in [-0.15, -0.1) is 0 Å². The number of hydrazone groups is 1. The number of imide groups is 1.